The lowest BCUT2D eigenvalue weighted by Gasteiger charge is -2.02. The van der Waals surface area contributed by atoms with E-state index in [0.29, 0.717) is 22.7 Å². The number of hydrogen-bond acceptors (Lipinski definition) is 7. The molecule has 0 amide bonds. The fourth-order valence-electron chi connectivity index (χ4n) is 2.70. The normalized spacial score (nSPS) is 12.6. The first-order valence-corrected chi connectivity index (χ1v) is 9.15. The van der Waals surface area contributed by atoms with E-state index in [2.05, 4.69) is 25.3 Å². The van der Waals surface area contributed by atoms with Crippen molar-refractivity contribution >= 4 is 17.5 Å². The van der Waals surface area contributed by atoms with E-state index >= 15 is 0 Å². The summed E-state index contributed by atoms with van der Waals surface area (Å²) in [5.74, 6) is 1.67. The topological polar surface area (TPSA) is 82.0 Å². The van der Waals surface area contributed by atoms with Gasteiger partial charge in [-0.3, -0.25) is 0 Å². The Morgan fingerprint density at radius 2 is 1.92 bits per heavy atom. The van der Waals surface area contributed by atoms with Gasteiger partial charge in [0, 0.05) is 17.0 Å². The Labute approximate surface area is 154 Å². The number of nitrogens with zero attached hydrogens (tertiary/aromatic N) is 6. The Hall–Kier alpha value is -2.74. The van der Waals surface area contributed by atoms with E-state index in [-0.39, 0.29) is 5.25 Å². The van der Waals surface area contributed by atoms with Crippen molar-refractivity contribution in [1.29, 1.82) is 0 Å². The number of aryl methyl sites for hydroxylation is 3. The number of benzene rings is 1. The molecule has 3 aromatic heterocycles. The van der Waals surface area contributed by atoms with E-state index in [0.717, 1.165) is 22.5 Å². The standard InChI is InChI=1S/C18H18N6OS/c1-10-6-5-7-14(8-10)16-22-21-15(25-16)13(4)26-18-20-17-19-11(2)9-12(3)24(17)23-18/h5-9,13H,1-4H3. The van der Waals surface area contributed by atoms with Crippen LogP contribution in [0.2, 0.25) is 0 Å². The molecule has 0 aliphatic rings. The summed E-state index contributed by atoms with van der Waals surface area (Å²) in [5, 5.41) is 13.4. The minimum absolute atomic E-state index is 0.0696. The van der Waals surface area contributed by atoms with Gasteiger partial charge in [0.05, 0.1) is 5.25 Å². The van der Waals surface area contributed by atoms with Crippen LogP contribution in [-0.4, -0.2) is 29.8 Å². The van der Waals surface area contributed by atoms with Crippen LogP contribution in [0.15, 0.2) is 39.9 Å². The molecule has 1 unspecified atom stereocenters. The van der Waals surface area contributed by atoms with Crippen molar-refractivity contribution < 1.29 is 4.42 Å². The molecule has 0 bridgehead atoms. The second kappa shape index (κ2) is 6.53. The van der Waals surface area contributed by atoms with Crippen LogP contribution < -0.4 is 0 Å². The highest BCUT2D eigenvalue weighted by Crippen LogP contribution is 2.33. The molecule has 4 rings (SSSR count). The highest BCUT2D eigenvalue weighted by Gasteiger charge is 2.19. The SMILES string of the molecule is Cc1cccc(-c2nnc(C(C)Sc3nc4nc(C)cc(C)n4n3)o2)c1. The molecule has 8 heteroatoms. The van der Waals surface area contributed by atoms with Crippen molar-refractivity contribution in [1.82, 2.24) is 29.8 Å². The first-order valence-electron chi connectivity index (χ1n) is 8.28. The maximum atomic E-state index is 5.85. The van der Waals surface area contributed by atoms with Gasteiger partial charge in [0.2, 0.25) is 16.9 Å². The predicted octanol–water partition coefficient (Wildman–Crippen LogP) is 3.95. The molecular formula is C18H18N6OS. The Morgan fingerprint density at radius 3 is 2.73 bits per heavy atom. The lowest BCUT2D eigenvalue weighted by atomic mass is 10.1. The smallest absolute Gasteiger partial charge is 0.253 e. The lowest BCUT2D eigenvalue weighted by molar-refractivity contribution is 0.509. The molecule has 0 saturated heterocycles. The average Bonchev–Trinajstić information content (AvgIpc) is 3.21. The van der Waals surface area contributed by atoms with Gasteiger partial charge >= 0.3 is 0 Å². The lowest BCUT2D eigenvalue weighted by Crippen LogP contribution is -1.97. The van der Waals surface area contributed by atoms with E-state index in [1.165, 1.54) is 11.8 Å². The molecule has 132 valence electrons. The van der Waals surface area contributed by atoms with Crippen molar-refractivity contribution in [2.24, 2.45) is 0 Å². The van der Waals surface area contributed by atoms with Gasteiger partial charge in [-0.25, -0.2) is 9.50 Å². The highest BCUT2D eigenvalue weighted by atomic mass is 32.2. The molecule has 0 saturated carbocycles. The molecule has 26 heavy (non-hydrogen) atoms. The summed E-state index contributed by atoms with van der Waals surface area (Å²) in [5.41, 5.74) is 3.99. The first kappa shape index (κ1) is 16.7. The minimum atomic E-state index is -0.0696. The molecule has 1 aromatic carbocycles. The second-order valence-electron chi connectivity index (χ2n) is 6.22. The summed E-state index contributed by atoms with van der Waals surface area (Å²) in [6.45, 7) is 7.96. The minimum Gasteiger partial charge on any atom is -0.419 e. The van der Waals surface area contributed by atoms with Gasteiger partial charge in [-0.1, -0.05) is 29.5 Å². The van der Waals surface area contributed by atoms with Gasteiger partial charge in [-0.15, -0.1) is 15.3 Å². The Balaban J connectivity index is 1.57. The second-order valence-corrected chi connectivity index (χ2v) is 7.53. The summed E-state index contributed by atoms with van der Waals surface area (Å²) < 4.78 is 7.60. The third kappa shape index (κ3) is 3.20. The first-order chi connectivity index (χ1) is 12.5. The summed E-state index contributed by atoms with van der Waals surface area (Å²) in [6.07, 6.45) is 0. The number of rotatable bonds is 4. The zero-order valence-corrected chi connectivity index (χ0v) is 15.8. The zero-order valence-electron chi connectivity index (χ0n) is 15.0. The molecule has 0 aliphatic carbocycles. The molecule has 0 N–H and O–H groups in total. The quantitative estimate of drug-likeness (QED) is 0.506. The molecule has 4 aromatic rings. The van der Waals surface area contributed by atoms with E-state index < -0.39 is 0 Å². The van der Waals surface area contributed by atoms with E-state index in [9.17, 15) is 0 Å². The number of fused-ring (bicyclic) bond motifs is 1. The van der Waals surface area contributed by atoms with Crippen molar-refractivity contribution in [3.63, 3.8) is 0 Å². The van der Waals surface area contributed by atoms with Gasteiger partial charge < -0.3 is 4.42 Å². The van der Waals surface area contributed by atoms with E-state index in [1.54, 1.807) is 4.52 Å². The number of aromatic nitrogens is 6. The van der Waals surface area contributed by atoms with Gasteiger partial charge in [-0.05, 0) is 45.9 Å². The van der Waals surface area contributed by atoms with Gasteiger partial charge in [0.15, 0.2) is 0 Å². The summed E-state index contributed by atoms with van der Waals surface area (Å²) in [4.78, 5) is 8.90. The maximum absolute atomic E-state index is 5.85. The highest BCUT2D eigenvalue weighted by molar-refractivity contribution is 7.99. The van der Waals surface area contributed by atoms with Crippen LogP contribution in [0.4, 0.5) is 0 Å². The van der Waals surface area contributed by atoms with Crippen LogP contribution in [0.3, 0.4) is 0 Å². The van der Waals surface area contributed by atoms with Crippen molar-refractivity contribution in [3.05, 3.63) is 53.2 Å². The Bertz CT molecular complexity index is 1090. The van der Waals surface area contributed by atoms with Crippen LogP contribution >= 0.6 is 11.8 Å². The molecule has 0 aliphatic heterocycles. The van der Waals surface area contributed by atoms with Gasteiger partial charge in [0.1, 0.15) is 0 Å². The molecule has 0 spiro atoms. The number of hydrogen-bond donors (Lipinski definition) is 0. The molecule has 3 heterocycles. The fourth-order valence-corrected chi connectivity index (χ4v) is 3.48. The van der Waals surface area contributed by atoms with Crippen molar-refractivity contribution in [3.8, 4) is 11.5 Å². The van der Waals surface area contributed by atoms with Crippen LogP contribution in [-0.2, 0) is 0 Å². The third-order valence-electron chi connectivity index (χ3n) is 3.93. The summed E-state index contributed by atoms with van der Waals surface area (Å²) >= 11 is 1.47. The third-order valence-corrected chi connectivity index (χ3v) is 4.87. The van der Waals surface area contributed by atoms with Crippen LogP contribution in [0.5, 0.6) is 0 Å². The number of thioether (sulfide) groups is 1. The molecule has 0 fully saturated rings. The molecule has 7 nitrogen and oxygen atoms in total. The Kier molecular flexibility index (Phi) is 4.20. The van der Waals surface area contributed by atoms with E-state index in [1.807, 2.05) is 58.0 Å². The summed E-state index contributed by atoms with van der Waals surface area (Å²) in [6, 6.07) is 9.97. The summed E-state index contributed by atoms with van der Waals surface area (Å²) in [7, 11) is 0. The molecule has 0 radical (unpaired) electrons. The van der Waals surface area contributed by atoms with E-state index in [4.69, 9.17) is 4.42 Å². The zero-order chi connectivity index (χ0) is 18.3. The van der Waals surface area contributed by atoms with Crippen LogP contribution in [0.25, 0.3) is 17.2 Å². The Morgan fingerprint density at radius 1 is 1.08 bits per heavy atom. The van der Waals surface area contributed by atoms with Crippen LogP contribution in [0.1, 0.15) is 35.0 Å². The maximum Gasteiger partial charge on any atom is 0.253 e. The van der Waals surface area contributed by atoms with Crippen molar-refractivity contribution in [2.45, 2.75) is 38.1 Å². The van der Waals surface area contributed by atoms with Gasteiger partial charge in [-0.2, -0.15) is 4.98 Å². The predicted molar refractivity (Wildman–Crippen MR) is 99.0 cm³/mol. The van der Waals surface area contributed by atoms with Gasteiger partial charge in [0.25, 0.3) is 5.78 Å². The van der Waals surface area contributed by atoms with Crippen molar-refractivity contribution in [2.75, 3.05) is 0 Å². The fraction of sp³-hybridized carbons (Fsp3) is 0.278. The molecule has 1 atom stereocenters. The van der Waals surface area contributed by atoms with Crippen LogP contribution in [0, 0.1) is 20.8 Å². The monoisotopic (exact) mass is 366 g/mol. The molecular weight excluding hydrogens is 348 g/mol. The average molecular weight is 366 g/mol. The largest absolute Gasteiger partial charge is 0.419 e.